The van der Waals surface area contributed by atoms with Gasteiger partial charge in [0, 0.05) is 5.56 Å². The van der Waals surface area contributed by atoms with Crippen LogP contribution in [-0.2, 0) is 0 Å². The summed E-state index contributed by atoms with van der Waals surface area (Å²) < 4.78 is 4.96. The van der Waals surface area contributed by atoms with Gasteiger partial charge in [0.15, 0.2) is 0 Å². The van der Waals surface area contributed by atoms with Crippen LogP contribution in [0.2, 0.25) is 10.0 Å². The van der Waals surface area contributed by atoms with Crippen LogP contribution < -0.4 is 4.74 Å². The second-order valence-electron chi connectivity index (χ2n) is 2.35. The molecule has 0 amide bonds. The first kappa shape index (κ1) is 13.4. The van der Waals surface area contributed by atoms with Gasteiger partial charge >= 0.3 is 0 Å². The number of ether oxygens (including phenoxy) is 1. The Balaban J connectivity index is 0.000000791. The molecule has 1 aromatic carbocycles. The Labute approximate surface area is 94.4 Å². The zero-order valence-electron chi connectivity index (χ0n) is 8.69. The molecule has 0 aliphatic heterocycles. The van der Waals surface area contributed by atoms with E-state index in [4.69, 9.17) is 27.9 Å². The van der Waals surface area contributed by atoms with E-state index in [1.54, 1.807) is 6.92 Å². The van der Waals surface area contributed by atoms with Gasteiger partial charge in [-0.15, -0.1) is 0 Å². The van der Waals surface area contributed by atoms with Crippen molar-refractivity contribution in [1.82, 2.24) is 0 Å². The molecule has 1 rings (SSSR count). The zero-order chi connectivity index (χ0) is 11.3. The minimum atomic E-state index is 0.0120. The summed E-state index contributed by atoms with van der Waals surface area (Å²) in [6.07, 6.45) is 0. The predicted octanol–water partition coefficient (Wildman–Crippen LogP) is 4.04. The largest absolute Gasteiger partial charge is 0.506 e. The Bertz CT molecular complexity index is 311. The number of phenols is 1. The minimum absolute atomic E-state index is 0.0120. The molecule has 80 valence electrons. The molecule has 4 heteroatoms. The van der Waals surface area contributed by atoms with E-state index < -0.39 is 0 Å². The van der Waals surface area contributed by atoms with Crippen molar-refractivity contribution in [2.45, 2.75) is 20.8 Å². The molecule has 14 heavy (non-hydrogen) atoms. The third-order valence-electron chi connectivity index (χ3n) is 1.60. The Morgan fingerprint density at radius 3 is 2.14 bits per heavy atom. The van der Waals surface area contributed by atoms with E-state index in [0.29, 0.717) is 16.3 Å². The summed E-state index contributed by atoms with van der Waals surface area (Å²) in [5.41, 5.74) is 0.551. The standard InChI is InChI=1S/C8H8Cl2O2.C2H6/c1-4-7(11)5(9)3-6(10)8(4)12-2;1-2/h3,11H,1-2H3;1-2H3. The molecule has 0 spiro atoms. The Morgan fingerprint density at radius 2 is 1.71 bits per heavy atom. The predicted molar refractivity (Wildman–Crippen MR) is 60.8 cm³/mol. The van der Waals surface area contributed by atoms with Crippen molar-refractivity contribution in [2.24, 2.45) is 0 Å². The van der Waals surface area contributed by atoms with Crippen molar-refractivity contribution in [1.29, 1.82) is 0 Å². The fourth-order valence-electron chi connectivity index (χ4n) is 0.962. The number of aromatic hydroxyl groups is 1. The average Bonchev–Trinajstić information content (AvgIpc) is 2.18. The van der Waals surface area contributed by atoms with Crippen LogP contribution in [0.25, 0.3) is 0 Å². The molecule has 0 bridgehead atoms. The first-order valence-electron chi connectivity index (χ1n) is 4.29. The maximum absolute atomic E-state index is 9.37. The highest BCUT2D eigenvalue weighted by Gasteiger charge is 2.12. The Hall–Kier alpha value is -0.600. The first-order valence-corrected chi connectivity index (χ1v) is 5.05. The summed E-state index contributed by atoms with van der Waals surface area (Å²) in [5, 5.41) is 10.0. The SMILES string of the molecule is CC.COc1c(Cl)cc(Cl)c(O)c1C. The molecule has 0 aromatic heterocycles. The molecule has 0 saturated heterocycles. The van der Waals surface area contributed by atoms with Crippen molar-refractivity contribution < 1.29 is 9.84 Å². The summed E-state index contributed by atoms with van der Waals surface area (Å²) in [6, 6.07) is 1.45. The number of phenolic OH excluding ortho intramolecular Hbond substituents is 1. The van der Waals surface area contributed by atoms with Crippen LogP contribution in [-0.4, -0.2) is 12.2 Å². The van der Waals surface area contributed by atoms with Crippen LogP contribution in [0, 0.1) is 6.92 Å². The highest BCUT2D eigenvalue weighted by Crippen LogP contribution is 2.39. The van der Waals surface area contributed by atoms with Crippen LogP contribution in [0.1, 0.15) is 19.4 Å². The third-order valence-corrected chi connectivity index (χ3v) is 2.17. The lowest BCUT2D eigenvalue weighted by molar-refractivity contribution is 0.403. The fourth-order valence-corrected chi connectivity index (χ4v) is 1.60. The van der Waals surface area contributed by atoms with E-state index in [1.807, 2.05) is 13.8 Å². The smallest absolute Gasteiger partial charge is 0.144 e. The zero-order valence-corrected chi connectivity index (χ0v) is 10.2. The summed E-state index contributed by atoms with van der Waals surface area (Å²) in [6.45, 7) is 5.69. The van der Waals surface area contributed by atoms with E-state index in [-0.39, 0.29) is 10.8 Å². The van der Waals surface area contributed by atoms with E-state index in [9.17, 15) is 5.11 Å². The van der Waals surface area contributed by atoms with Crippen LogP contribution in [0.15, 0.2) is 6.07 Å². The number of rotatable bonds is 1. The van der Waals surface area contributed by atoms with Gasteiger partial charge in [0.2, 0.25) is 0 Å². The molecule has 1 aromatic rings. The van der Waals surface area contributed by atoms with Gasteiger partial charge in [-0.3, -0.25) is 0 Å². The van der Waals surface area contributed by atoms with Gasteiger partial charge in [0.25, 0.3) is 0 Å². The fraction of sp³-hybridized carbons (Fsp3) is 0.400. The van der Waals surface area contributed by atoms with Gasteiger partial charge in [-0.1, -0.05) is 37.0 Å². The first-order chi connectivity index (χ1) is 6.57. The second kappa shape index (κ2) is 5.99. The van der Waals surface area contributed by atoms with E-state index in [0.717, 1.165) is 0 Å². The lowest BCUT2D eigenvalue weighted by atomic mass is 10.2. The van der Waals surface area contributed by atoms with Gasteiger partial charge in [0.1, 0.15) is 11.5 Å². The Kier molecular flexibility index (Phi) is 5.73. The maximum Gasteiger partial charge on any atom is 0.144 e. The third kappa shape index (κ3) is 2.69. The summed E-state index contributed by atoms with van der Waals surface area (Å²) in [5.74, 6) is 0.469. The summed E-state index contributed by atoms with van der Waals surface area (Å²) in [7, 11) is 1.49. The van der Waals surface area contributed by atoms with Crippen molar-refractivity contribution in [2.75, 3.05) is 7.11 Å². The molecule has 0 heterocycles. The molecular formula is C10H14Cl2O2. The van der Waals surface area contributed by atoms with E-state index in [2.05, 4.69) is 0 Å². The number of benzene rings is 1. The van der Waals surface area contributed by atoms with Gasteiger partial charge < -0.3 is 9.84 Å². The number of methoxy groups -OCH3 is 1. The van der Waals surface area contributed by atoms with Gasteiger partial charge in [-0.05, 0) is 13.0 Å². The van der Waals surface area contributed by atoms with Gasteiger partial charge in [0.05, 0.1) is 17.2 Å². The molecule has 0 unspecified atom stereocenters. The van der Waals surface area contributed by atoms with Gasteiger partial charge in [-0.2, -0.15) is 0 Å². The molecule has 1 N–H and O–H groups in total. The Morgan fingerprint density at radius 1 is 1.21 bits per heavy atom. The highest BCUT2D eigenvalue weighted by atomic mass is 35.5. The number of hydrogen-bond donors (Lipinski definition) is 1. The van der Waals surface area contributed by atoms with Crippen LogP contribution >= 0.6 is 23.2 Å². The normalized spacial score (nSPS) is 9.00. The lowest BCUT2D eigenvalue weighted by Crippen LogP contribution is -1.89. The van der Waals surface area contributed by atoms with Crippen molar-refractivity contribution in [3.05, 3.63) is 21.7 Å². The van der Waals surface area contributed by atoms with Gasteiger partial charge in [-0.25, -0.2) is 0 Å². The quantitative estimate of drug-likeness (QED) is 0.798. The molecule has 2 nitrogen and oxygen atoms in total. The topological polar surface area (TPSA) is 29.5 Å². The summed E-state index contributed by atoms with van der Waals surface area (Å²) in [4.78, 5) is 0. The lowest BCUT2D eigenvalue weighted by Gasteiger charge is -2.09. The molecule has 0 atom stereocenters. The summed E-state index contributed by atoms with van der Waals surface area (Å²) >= 11 is 11.4. The molecule has 0 aliphatic carbocycles. The monoisotopic (exact) mass is 236 g/mol. The van der Waals surface area contributed by atoms with Crippen LogP contribution in [0.4, 0.5) is 0 Å². The van der Waals surface area contributed by atoms with Crippen molar-refractivity contribution >= 4 is 23.2 Å². The van der Waals surface area contributed by atoms with Crippen LogP contribution in [0.3, 0.4) is 0 Å². The minimum Gasteiger partial charge on any atom is -0.506 e. The molecule has 0 radical (unpaired) electrons. The number of halogens is 2. The van der Waals surface area contributed by atoms with Crippen LogP contribution in [0.5, 0.6) is 11.5 Å². The van der Waals surface area contributed by atoms with Crippen molar-refractivity contribution in [3.63, 3.8) is 0 Å². The second-order valence-corrected chi connectivity index (χ2v) is 3.16. The maximum atomic E-state index is 9.37. The van der Waals surface area contributed by atoms with Crippen molar-refractivity contribution in [3.8, 4) is 11.5 Å². The molecule has 0 aliphatic rings. The highest BCUT2D eigenvalue weighted by molar-refractivity contribution is 6.36. The van der Waals surface area contributed by atoms with E-state index >= 15 is 0 Å². The number of hydrogen-bond acceptors (Lipinski definition) is 2. The molecular weight excluding hydrogens is 223 g/mol. The molecule has 0 saturated carbocycles. The molecule has 0 fully saturated rings. The average molecular weight is 237 g/mol. The van der Waals surface area contributed by atoms with E-state index in [1.165, 1.54) is 13.2 Å².